The first-order chi connectivity index (χ1) is 11.4. The minimum Gasteiger partial charge on any atom is -0.134 e. The van der Waals surface area contributed by atoms with Crippen molar-refractivity contribution in [3.8, 4) is 10.4 Å². The molecular weight excluding hydrogens is 336 g/mol. The molecule has 2 aromatic heterocycles. The second kappa shape index (κ2) is 6.68. The average molecular weight is 355 g/mol. The summed E-state index contributed by atoms with van der Waals surface area (Å²) in [6.45, 7) is 2.25. The maximum atomic E-state index is 2.38. The molecule has 0 aliphatic carbocycles. The van der Waals surface area contributed by atoms with E-state index < -0.39 is 0 Å². The molecule has 0 fully saturated rings. The van der Waals surface area contributed by atoms with E-state index in [0.717, 1.165) is 0 Å². The third kappa shape index (κ3) is 2.93. The van der Waals surface area contributed by atoms with Gasteiger partial charge in [-0.3, -0.25) is 0 Å². The van der Waals surface area contributed by atoms with Gasteiger partial charge in [-0.15, -0.1) is 34.4 Å². The van der Waals surface area contributed by atoms with Gasteiger partial charge in [-0.1, -0.05) is 49.7 Å². The van der Waals surface area contributed by atoms with E-state index in [4.69, 9.17) is 0 Å². The summed E-state index contributed by atoms with van der Waals surface area (Å²) in [6.07, 6.45) is 2.54. The predicted octanol–water partition coefficient (Wildman–Crippen LogP) is 7.68. The second-order valence-electron chi connectivity index (χ2n) is 5.60. The fourth-order valence-corrected chi connectivity index (χ4v) is 6.54. The van der Waals surface area contributed by atoms with E-state index in [1.54, 1.807) is 0 Å². The Balaban J connectivity index is 1.77. The van der Waals surface area contributed by atoms with Gasteiger partial charge in [0.15, 0.2) is 0 Å². The van der Waals surface area contributed by atoms with Gasteiger partial charge in [-0.05, 0) is 30.4 Å². The molecule has 4 aromatic rings. The van der Waals surface area contributed by atoms with Crippen molar-refractivity contribution in [2.24, 2.45) is 0 Å². The van der Waals surface area contributed by atoms with Crippen molar-refractivity contribution in [1.29, 1.82) is 0 Å². The molecule has 0 N–H and O–H groups in total. The molecule has 0 bridgehead atoms. The van der Waals surface area contributed by atoms with Crippen LogP contribution in [0.5, 0.6) is 0 Å². The lowest BCUT2D eigenvalue weighted by Gasteiger charge is -2.07. The molecule has 0 radical (unpaired) electrons. The van der Waals surface area contributed by atoms with E-state index in [-0.39, 0.29) is 0 Å². The number of unbranched alkanes of at least 4 members (excludes halogenated alkanes) is 1. The molecule has 0 unspecified atom stereocenters. The molecule has 116 valence electrons. The summed E-state index contributed by atoms with van der Waals surface area (Å²) in [5.74, 6) is 1.20. The van der Waals surface area contributed by atoms with Gasteiger partial charge < -0.3 is 0 Å². The Morgan fingerprint density at radius 3 is 2.65 bits per heavy atom. The van der Waals surface area contributed by atoms with Crippen LogP contribution < -0.4 is 0 Å². The van der Waals surface area contributed by atoms with Crippen LogP contribution in [0, 0.1) is 0 Å². The molecule has 0 aliphatic heterocycles. The summed E-state index contributed by atoms with van der Waals surface area (Å²) in [7, 11) is 0. The van der Waals surface area contributed by atoms with Crippen LogP contribution in [0.25, 0.3) is 29.9 Å². The van der Waals surface area contributed by atoms with Crippen LogP contribution in [0.15, 0.2) is 59.5 Å². The number of benzene rings is 2. The number of thioether (sulfide) groups is 1. The smallest absolute Gasteiger partial charge is 0.0535 e. The first kappa shape index (κ1) is 15.3. The fraction of sp³-hybridized carbons (Fsp3) is 0.200. The topological polar surface area (TPSA) is 0 Å². The summed E-state index contributed by atoms with van der Waals surface area (Å²) < 4.78 is 4.25. The summed E-state index contributed by atoms with van der Waals surface area (Å²) >= 11 is 5.84. The molecule has 3 heteroatoms. The molecule has 0 nitrogen and oxygen atoms in total. The Kier molecular flexibility index (Phi) is 4.43. The van der Waals surface area contributed by atoms with E-state index in [0.29, 0.717) is 0 Å². The highest BCUT2D eigenvalue weighted by Crippen LogP contribution is 2.44. The zero-order valence-electron chi connectivity index (χ0n) is 13.0. The Morgan fingerprint density at radius 1 is 0.913 bits per heavy atom. The molecule has 0 aliphatic rings. The zero-order valence-corrected chi connectivity index (χ0v) is 15.5. The predicted molar refractivity (Wildman–Crippen MR) is 108 cm³/mol. The third-order valence-electron chi connectivity index (χ3n) is 3.96. The van der Waals surface area contributed by atoms with Crippen molar-refractivity contribution in [2.45, 2.75) is 24.7 Å². The molecule has 23 heavy (non-hydrogen) atoms. The first-order valence-electron chi connectivity index (χ1n) is 8.00. The van der Waals surface area contributed by atoms with Crippen LogP contribution in [0.2, 0.25) is 0 Å². The quantitative estimate of drug-likeness (QED) is 0.262. The first-order valence-corrected chi connectivity index (χ1v) is 10.6. The molecule has 0 atom stereocenters. The van der Waals surface area contributed by atoms with Crippen molar-refractivity contribution in [3.05, 3.63) is 54.6 Å². The molecule has 0 saturated heterocycles. The average Bonchev–Trinajstić information content (AvgIpc) is 3.13. The molecule has 0 amide bonds. The van der Waals surface area contributed by atoms with Crippen LogP contribution in [0.1, 0.15) is 19.8 Å². The van der Waals surface area contributed by atoms with Gasteiger partial charge in [-0.25, -0.2) is 0 Å². The van der Waals surface area contributed by atoms with E-state index in [2.05, 4.69) is 61.5 Å². The third-order valence-corrected chi connectivity index (χ3v) is 7.57. The summed E-state index contributed by atoms with van der Waals surface area (Å²) in [5, 5.41) is 1.40. The lowest BCUT2D eigenvalue weighted by molar-refractivity contribution is 0.896. The maximum Gasteiger partial charge on any atom is 0.0535 e. The SMILES string of the molecule is CCCCSc1ccccc1-c1cc2sc3ccccc3c2s1. The minimum absolute atomic E-state index is 1.20. The highest BCUT2D eigenvalue weighted by atomic mass is 32.2. The van der Waals surface area contributed by atoms with Crippen LogP contribution in [-0.2, 0) is 0 Å². The van der Waals surface area contributed by atoms with Gasteiger partial charge >= 0.3 is 0 Å². The van der Waals surface area contributed by atoms with Crippen molar-refractivity contribution in [2.75, 3.05) is 5.75 Å². The maximum absolute atomic E-state index is 2.38. The van der Waals surface area contributed by atoms with Crippen molar-refractivity contribution in [3.63, 3.8) is 0 Å². The Labute approximate surface area is 149 Å². The van der Waals surface area contributed by atoms with Crippen LogP contribution in [-0.4, -0.2) is 5.75 Å². The highest BCUT2D eigenvalue weighted by Gasteiger charge is 2.12. The van der Waals surface area contributed by atoms with Gasteiger partial charge in [0.1, 0.15) is 0 Å². The lowest BCUT2D eigenvalue weighted by Crippen LogP contribution is -1.82. The Bertz CT molecular complexity index is 946. The molecule has 0 saturated carbocycles. The minimum atomic E-state index is 1.20. The number of hydrogen-bond donors (Lipinski definition) is 0. The normalized spacial score (nSPS) is 11.5. The van der Waals surface area contributed by atoms with E-state index in [9.17, 15) is 0 Å². The van der Waals surface area contributed by atoms with Crippen molar-refractivity contribution >= 4 is 53.9 Å². The summed E-state index contributed by atoms with van der Waals surface area (Å²) in [5.41, 5.74) is 1.39. The standard InChI is InChI=1S/C20H18S3/c1-2-3-12-21-16-10-6-4-8-14(16)18-13-19-20(23-18)15-9-5-7-11-17(15)22-19/h4-11,13H,2-3,12H2,1H3. The van der Waals surface area contributed by atoms with Gasteiger partial charge in [0, 0.05) is 30.1 Å². The van der Waals surface area contributed by atoms with Crippen LogP contribution in [0.4, 0.5) is 0 Å². The highest BCUT2D eigenvalue weighted by molar-refractivity contribution is 7.99. The summed E-state index contributed by atoms with van der Waals surface area (Å²) in [4.78, 5) is 2.82. The molecule has 0 spiro atoms. The summed E-state index contributed by atoms with van der Waals surface area (Å²) in [6, 6.07) is 20.0. The number of fused-ring (bicyclic) bond motifs is 3. The van der Waals surface area contributed by atoms with Crippen molar-refractivity contribution < 1.29 is 0 Å². The number of hydrogen-bond acceptors (Lipinski definition) is 3. The molecule has 2 heterocycles. The Hall–Kier alpha value is -1.29. The number of thiophene rings is 2. The van der Waals surface area contributed by atoms with E-state index in [1.165, 1.54) is 53.4 Å². The number of rotatable bonds is 5. The largest absolute Gasteiger partial charge is 0.134 e. The lowest BCUT2D eigenvalue weighted by atomic mass is 10.2. The molecular formula is C20H18S3. The monoisotopic (exact) mass is 354 g/mol. The van der Waals surface area contributed by atoms with Gasteiger partial charge in [0.25, 0.3) is 0 Å². The van der Waals surface area contributed by atoms with Gasteiger partial charge in [0.2, 0.25) is 0 Å². The second-order valence-corrected chi connectivity index (χ2v) is 8.87. The van der Waals surface area contributed by atoms with Crippen molar-refractivity contribution in [1.82, 2.24) is 0 Å². The molecule has 4 rings (SSSR count). The fourth-order valence-electron chi connectivity index (χ4n) is 2.75. The van der Waals surface area contributed by atoms with Gasteiger partial charge in [-0.2, -0.15) is 0 Å². The van der Waals surface area contributed by atoms with Gasteiger partial charge in [0.05, 0.1) is 4.70 Å². The molecule has 2 aromatic carbocycles. The van der Waals surface area contributed by atoms with E-state index in [1.807, 2.05) is 34.4 Å². The Morgan fingerprint density at radius 2 is 1.74 bits per heavy atom. The zero-order chi connectivity index (χ0) is 15.6. The van der Waals surface area contributed by atoms with Crippen LogP contribution in [0.3, 0.4) is 0 Å². The van der Waals surface area contributed by atoms with E-state index >= 15 is 0 Å². The van der Waals surface area contributed by atoms with Crippen LogP contribution >= 0.6 is 34.4 Å².